The van der Waals surface area contributed by atoms with E-state index in [1.54, 1.807) is 14.2 Å². The molecule has 2 atom stereocenters. The van der Waals surface area contributed by atoms with Crippen molar-refractivity contribution in [1.29, 1.82) is 0 Å². The molecule has 1 saturated heterocycles. The Bertz CT molecular complexity index is 651. The molecule has 6 nitrogen and oxygen atoms in total. The van der Waals surface area contributed by atoms with E-state index in [0.717, 1.165) is 24.6 Å². The molecule has 1 aliphatic heterocycles. The Hall–Kier alpha value is -1.66. The van der Waals surface area contributed by atoms with Crippen LogP contribution in [0.1, 0.15) is 33.3 Å². The van der Waals surface area contributed by atoms with Crippen LogP contribution in [0.25, 0.3) is 0 Å². The number of hydrogen-bond acceptors (Lipinski definition) is 4. The van der Waals surface area contributed by atoms with Crippen LogP contribution in [0, 0.1) is 5.92 Å². The first-order valence-corrected chi connectivity index (χ1v) is 9.97. The van der Waals surface area contributed by atoms with Gasteiger partial charge in [-0.05, 0) is 44.4 Å². The zero-order chi connectivity index (χ0) is 20.0. The number of guanidine groups is 1. The number of methoxy groups -OCH3 is 1. The smallest absolute Gasteiger partial charge is 0.191 e. The number of nitrogens with zero attached hydrogens (tertiary/aromatic N) is 2. The Labute approximate surface area is 168 Å². The third-order valence-electron chi connectivity index (χ3n) is 4.95. The standard InChI is InChI=1S/C20H33ClN4O2/c1-7-27-19-16(21)8-15(9-18(19)26-6)10-23-20(22-5)24-17-12-25(13(2)3)11-14(17)4/h8-9,13-14,17H,7,10-12H2,1-6H3,(H2,22,23,24). The molecular weight excluding hydrogens is 364 g/mol. The van der Waals surface area contributed by atoms with Crippen molar-refractivity contribution in [2.24, 2.45) is 10.9 Å². The van der Waals surface area contributed by atoms with Crippen molar-refractivity contribution in [3.63, 3.8) is 0 Å². The number of benzene rings is 1. The largest absolute Gasteiger partial charge is 0.493 e. The average Bonchev–Trinajstić information content (AvgIpc) is 3.01. The van der Waals surface area contributed by atoms with Gasteiger partial charge in [0.2, 0.25) is 0 Å². The maximum Gasteiger partial charge on any atom is 0.191 e. The third kappa shape index (κ3) is 5.66. The van der Waals surface area contributed by atoms with Gasteiger partial charge in [-0.25, -0.2) is 0 Å². The van der Waals surface area contributed by atoms with Crippen LogP contribution >= 0.6 is 11.6 Å². The molecule has 0 amide bonds. The van der Waals surface area contributed by atoms with Crippen molar-refractivity contribution < 1.29 is 9.47 Å². The monoisotopic (exact) mass is 396 g/mol. The molecule has 7 heteroatoms. The third-order valence-corrected chi connectivity index (χ3v) is 5.24. The summed E-state index contributed by atoms with van der Waals surface area (Å²) in [5, 5.41) is 7.48. The van der Waals surface area contributed by atoms with Gasteiger partial charge in [0.05, 0.1) is 18.7 Å². The van der Waals surface area contributed by atoms with Gasteiger partial charge in [0.25, 0.3) is 0 Å². The van der Waals surface area contributed by atoms with E-state index in [1.165, 1.54) is 0 Å². The highest BCUT2D eigenvalue weighted by Gasteiger charge is 2.31. The number of halogens is 1. The molecule has 0 aliphatic carbocycles. The van der Waals surface area contributed by atoms with Crippen molar-refractivity contribution >= 4 is 17.6 Å². The van der Waals surface area contributed by atoms with Crippen LogP contribution in [0.5, 0.6) is 11.5 Å². The highest BCUT2D eigenvalue weighted by Crippen LogP contribution is 2.36. The Morgan fingerprint density at radius 2 is 2.11 bits per heavy atom. The number of ether oxygens (including phenoxy) is 2. The van der Waals surface area contributed by atoms with E-state index in [4.69, 9.17) is 21.1 Å². The summed E-state index contributed by atoms with van der Waals surface area (Å²) in [5.74, 6) is 2.59. The summed E-state index contributed by atoms with van der Waals surface area (Å²) >= 11 is 6.36. The molecule has 1 heterocycles. The van der Waals surface area contributed by atoms with E-state index in [-0.39, 0.29) is 0 Å². The first-order chi connectivity index (χ1) is 12.9. The lowest BCUT2D eigenvalue weighted by Gasteiger charge is -2.22. The van der Waals surface area contributed by atoms with Gasteiger partial charge in [-0.1, -0.05) is 18.5 Å². The first-order valence-electron chi connectivity index (χ1n) is 9.60. The summed E-state index contributed by atoms with van der Waals surface area (Å²) in [6, 6.07) is 4.79. The van der Waals surface area contributed by atoms with Gasteiger partial charge in [0, 0.05) is 38.8 Å². The molecule has 0 radical (unpaired) electrons. The number of hydrogen-bond donors (Lipinski definition) is 2. The zero-order valence-electron chi connectivity index (χ0n) is 17.3. The molecule has 152 valence electrons. The van der Waals surface area contributed by atoms with E-state index in [9.17, 15) is 0 Å². The first kappa shape index (κ1) is 21.6. The number of rotatable bonds is 7. The molecule has 0 aromatic heterocycles. The summed E-state index contributed by atoms with van der Waals surface area (Å²) in [6.45, 7) is 12.0. The van der Waals surface area contributed by atoms with Crippen LogP contribution in [0.4, 0.5) is 0 Å². The van der Waals surface area contributed by atoms with Crippen LogP contribution in [-0.2, 0) is 6.54 Å². The summed E-state index contributed by atoms with van der Waals surface area (Å²) in [5.41, 5.74) is 1.01. The average molecular weight is 397 g/mol. The van der Waals surface area contributed by atoms with Gasteiger partial charge in [-0.3, -0.25) is 9.89 Å². The van der Waals surface area contributed by atoms with Gasteiger partial charge in [0.15, 0.2) is 17.5 Å². The van der Waals surface area contributed by atoms with Crippen LogP contribution in [0.3, 0.4) is 0 Å². The highest BCUT2D eigenvalue weighted by molar-refractivity contribution is 6.32. The van der Waals surface area contributed by atoms with Crippen LogP contribution in [-0.4, -0.2) is 56.8 Å². The summed E-state index contributed by atoms with van der Waals surface area (Å²) in [6.07, 6.45) is 0. The minimum absolute atomic E-state index is 0.386. The van der Waals surface area contributed by atoms with Crippen molar-refractivity contribution in [3.8, 4) is 11.5 Å². The Morgan fingerprint density at radius 1 is 1.37 bits per heavy atom. The second-order valence-electron chi connectivity index (χ2n) is 7.24. The Morgan fingerprint density at radius 3 is 2.67 bits per heavy atom. The second-order valence-corrected chi connectivity index (χ2v) is 7.65. The molecular formula is C20H33ClN4O2. The summed E-state index contributed by atoms with van der Waals surface area (Å²) in [7, 11) is 3.41. The maximum atomic E-state index is 6.36. The lowest BCUT2D eigenvalue weighted by Crippen LogP contribution is -2.46. The van der Waals surface area contributed by atoms with Crippen LogP contribution in [0.2, 0.25) is 5.02 Å². The number of aliphatic imine (C=N–C) groups is 1. The molecule has 1 fully saturated rings. The molecule has 27 heavy (non-hydrogen) atoms. The van der Waals surface area contributed by atoms with Crippen molar-refractivity contribution in [3.05, 3.63) is 22.7 Å². The zero-order valence-corrected chi connectivity index (χ0v) is 18.1. The lowest BCUT2D eigenvalue weighted by molar-refractivity contribution is 0.265. The van der Waals surface area contributed by atoms with E-state index < -0.39 is 0 Å². The normalized spacial score (nSPS) is 20.8. The van der Waals surface area contributed by atoms with Crippen LogP contribution in [0.15, 0.2) is 17.1 Å². The molecule has 0 saturated carbocycles. The Kier molecular flexibility index (Phi) is 8.05. The van der Waals surface area contributed by atoms with E-state index in [0.29, 0.717) is 47.7 Å². The van der Waals surface area contributed by atoms with Gasteiger partial charge in [0.1, 0.15) is 0 Å². The summed E-state index contributed by atoms with van der Waals surface area (Å²) in [4.78, 5) is 6.86. The SMILES string of the molecule is CCOc1c(Cl)cc(CNC(=NC)NC2CN(C(C)C)CC2C)cc1OC. The van der Waals surface area contributed by atoms with E-state index in [2.05, 4.69) is 41.3 Å². The fourth-order valence-corrected chi connectivity index (χ4v) is 3.62. The fourth-order valence-electron chi connectivity index (χ4n) is 3.33. The lowest BCUT2D eigenvalue weighted by atomic mass is 10.1. The minimum Gasteiger partial charge on any atom is -0.493 e. The predicted octanol–water partition coefficient (Wildman–Crippen LogP) is 3.14. The molecule has 2 rings (SSSR count). The Balaban J connectivity index is 1.99. The topological polar surface area (TPSA) is 58.1 Å². The molecule has 0 bridgehead atoms. The maximum absolute atomic E-state index is 6.36. The predicted molar refractivity (Wildman–Crippen MR) is 112 cm³/mol. The molecule has 0 spiro atoms. The van der Waals surface area contributed by atoms with Gasteiger partial charge < -0.3 is 20.1 Å². The quantitative estimate of drug-likeness (QED) is 0.547. The summed E-state index contributed by atoms with van der Waals surface area (Å²) < 4.78 is 11.0. The fraction of sp³-hybridized carbons (Fsp3) is 0.650. The van der Waals surface area contributed by atoms with Gasteiger partial charge in [-0.2, -0.15) is 0 Å². The molecule has 2 unspecified atom stereocenters. The molecule has 1 aromatic carbocycles. The minimum atomic E-state index is 0.386. The highest BCUT2D eigenvalue weighted by atomic mass is 35.5. The van der Waals surface area contributed by atoms with Gasteiger partial charge in [-0.15, -0.1) is 0 Å². The van der Waals surface area contributed by atoms with E-state index >= 15 is 0 Å². The number of nitrogens with one attached hydrogen (secondary N) is 2. The number of likely N-dealkylation sites (tertiary alicyclic amines) is 1. The van der Waals surface area contributed by atoms with Crippen molar-refractivity contribution in [2.45, 2.75) is 46.3 Å². The van der Waals surface area contributed by atoms with Crippen molar-refractivity contribution in [2.75, 3.05) is 33.9 Å². The van der Waals surface area contributed by atoms with Crippen LogP contribution < -0.4 is 20.1 Å². The van der Waals surface area contributed by atoms with Gasteiger partial charge >= 0.3 is 0 Å². The molecule has 1 aromatic rings. The van der Waals surface area contributed by atoms with E-state index in [1.807, 2.05) is 19.1 Å². The molecule has 1 aliphatic rings. The second kappa shape index (κ2) is 10.0. The van der Waals surface area contributed by atoms with Crippen molar-refractivity contribution in [1.82, 2.24) is 15.5 Å². The molecule has 2 N–H and O–H groups in total.